The summed E-state index contributed by atoms with van der Waals surface area (Å²) in [5.74, 6) is -0.726. The lowest BCUT2D eigenvalue weighted by atomic mass is 10.1. The fraction of sp³-hybridized carbons (Fsp3) is 0.889. The van der Waals surface area contributed by atoms with Crippen molar-refractivity contribution in [3.8, 4) is 0 Å². The lowest BCUT2D eigenvalue weighted by Crippen LogP contribution is -2.55. The van der Waals surface area contributed by atoms with Crippen molar-refractivity contribution in [2.24, 2.45) is 0 Å². The van der Waals surface area contributed by atoms with Crippen LogP contribution in [0.4, 0.5) is 0 Å². The molecule has 0 unspecified atom stereocenters. The van der Waals surface area contributed by atoms with Crippen LogP contribution < -0.4 is 0 Å². The zero-order valence-electron chi connectivity index (χ0n) is 8.53. The summed E-state index contributed by atoms with van der Waals surface area (Å²) in [4.78, 5) is 15.0. The summed E-state index contributed by atoms with van der Waals surface area (Å²) in [6, 6.07) is -0.0199. The third-order valence-electron chi connectivity index (χ3n) is 2.74. The van der Waals surface area contributed by atoms with Crippen LogP contribution in [0.1, 0.15) is 13.8 Å². The topological polar surface area (TPSA) is 43.8 Å². The molecular weight excluding hydrogens is 168 g/mol. The maximum absolute atomic E-state index is 10.8. The molecule has 1 aliphatic rings. The van der Waals surface area contributed by atoms with Crippen molar-refractivity contribution in [1.82, 2.24) is 9.80 Å². The van der Waals surface area contributed by atoms with Crippen molar-refractivity contribution < 1.29 is 9.90 Å². The maximum Gasteiger partial charge on any atom is 0.320 e. The third-order valence-corrected chi connectivity index (χ3v) is 2.74. The maximum atomic E-state index is 10.8. The second-order valence-corrected chi connectivity index (χ2v) is 3.86. The van der Waals surface area contributed by atoms with Crippen molar-refractivity contribution in [2.45, 2.75) is 25.9 Å². The van der Waals surface area contributed by atoms with Crippen LogP contribution in [-0.2, 0) is 4.79 Å². The fourth-order valence-electron chi connectivity index (χ4n) is 1.87. The molecule has 0 radical (unpaired) electrons. The molecule has 0 saturated carbocycles. The molecular formula is C9H18N2O2. The molecule has 0 aromatic rings. The first-order valence-electron chi connectivity index (χ1n) is 4.69. The van der Waals surface area contributed by atoms with E-state index in [0.717, 1.165) is 19.6 Å². The summed E-state index contributed by atoms with van der Waals surface area (Å²) in [5.41, 5.74) is 0. The summed E-state index contributed by atoms with van der Waals surface area (Å²) in [7, 11) is 2.07. The van der Waals surface area contributed by atoms with E-state index >= 15 is 0 Å². The van der Waals surface area contributed by atoms with Gasteiger partial charge in [-0.3, -0.25) is 9.69 Å². The number of rotatable bonds is 2. The minimum absolute atomic E-state index is 0.338. The van der Waals surface area contributed by atoms with Crippen LogP contribution in [0.15, 0.2) is 0 Å². The Labute approximate surface area is 79.1 Å². The number of carbonyl (C=O) groups is 1. The van der Waals surface area contributed by atoms with Gasteiger partial charge in [0, 0.05) is 25.7 Å². The zero-order valence-corrected chi connectivity index (χ0v) is 8.53. The quantitative estimate of drug-likeness (QED) is 0.664. The predicted octanol–water partition coefficient (Wildman–Crippen LogP) is 0.0954. The van der Waals surface area contributed by atoms with Gasteiger partial charge in [-0.15, -0.1) is 0 Å². The van der Waals surface area contributed by atoms with Gasteiger partial charge in [0.05, 0.1) is 0 Å². The van der Waals surface area contributed by atoms with Crippen molar-refractivity contribution >= 4 is 5.97 Å². The molecule has 4 heteroatoms. The standard InChI is InChI=1S/C9H18N2O2/c1-7-6-10(3)4-5-11(7)8(2)9(12)13/h7-8H,4-6H2,1-3H3,(H,12,13)/t7-,8-/m1/s1. The van der Waals surface area contributed by atoms with Gasteiger partial charge >= 0.3 is 5.97 Å². The van der Waals surface area contributed by atoms with Crippen LogP contribution in [0, 0.1) is 0 Å². The smallest absolute Gasteiger partial charge is 0.320 e. The summed E-state index contributed by atoms with van der Waals surface area (Å²) in [5, 5.41) is 8.86. The van der Waals surface area contributed by atoms with E-state index in [0.29, 0.717) is 6.04 Å². The minimum Gasteiger partial charge on any atom is -0.480 e. The molecule has 4 nitrogen and oxygen atoms in total. The Morgan fingerprint density at radius 2 is 2.15 bits per heavy atom. The number of likely N-dealkylation sites (N-methyl/N-ethyl adjacent to an activating group) is 1. The minimum atomic E-state index is -0.726. The van der Waals surface area contributed by atoms with Crippen molar-refractivity contribution in [3.63, 3.8) is 0 Å². The third kappa shape index (κ3) is 2.42. The molecule has 0 aromatic carbocycles. The van der Waals surface area contributed by atoms with Crippen LogP contribution in [0.3, 0.4) is 0 Å². The van der Waals surface area contributed by atoms with E-state index in [1.54, 1.807) is 6.92 Å². The highest BCUT2D eigenvalue weighted by atomic mass is 16.4. The van der Waals surface area contributed by atoms with E-state index in [2.05, 4.69) is 18.9 Å². The van der Waals surface area contributed by atoms with Gasteiger partial charge in [-0.25, -0.2) is 0 Å². The van der Waals surface area contributed by atoms with Gasteiger partial charge in [-0.05, 0) is 20.9 Å². The van der Waals surface area contributed by atoms with Crippen molar-refractivity contribution in [3.05, 3.63) is 0 Å². The highest BCUT2D eigenvalue weighted by Crippen LogP contribution is 2.11. The molecule has 1 fully saturated rings. The number of carboxylic acids is 1. The molecule has 1 saturated heterocycles. The summed E-state index contributed by atoms with van der Waals surface area (Å²) >= 11 is 0. The van der Waals surface area contributed by atoms with Crippen molar-refractivity contribution in [2.75, 3.05) is 26.7 Å². The molecule has 1 aliphatic heterocycles. The van der Waals surface area contributed by atoms with Gasteiger partial charge in [0.2, 0.25) is 0 Å². The monoisotopic (exact) mass is 186 g/mol. The van der Waals surface area contributed by atoms with Gasteiger partial charge < -0.3 is 10.0 Å². The predicted molar refractivity (Wildman–Crippen MR) is 50.8 cm³/mol. The molecule has 13 heavy (non-hydrogen) atoms. The largest absolute Gasteiger partial charge is 0.480 e. The Hall–Kier alpha value is -0.610. The van der Waals surface area contributed by atoms with Crippen LogP contribution >= 0.6 is 0 Å². The van der Waals surface area contributed by atoms with Crippen LogP contribution in [0.25, 0.3) is 0 Å². The fourth-order valence-corrected chi connectivity index (χ4v) is 1.87. The SMILES string of the molecule is C[C@@H]1CN(C)CCN1[C@H](C)C(=O)O. The van der Waals surface area contributed by atoms with E-state index in [9.17, 15) is 4.79 Å². The lowest BCUT2D eigenvalue weighted by Gasteiger charge is -2.40. The Bertz CT molecular complexity index is 196. The average molecular weight is 186 g/mol. The van der Waals surface area contributed by atoms with E-state index in [1.807, 2.05) is 4.90 Å². The zero-order chi connectivity index (χ0) is 10.0. The second kappa shape index (κ2) is 4.07. The lowest BCUT2D eigenvalue weighted by molar-refractivity contribution is -0.144. The average Bonchev–Trinajstić information content (AvgIpc) is 2.03. The Morgan fingerprint density at radius 3 is 2.62 bits per heavy atom. The Kier molecular flexibility index (Phi) is 3.27. The van der Waals surface area contributed by atoms with E-state index in [4.69, 9.17) is 5.11 Å². The summed E-state index contributed by atoms with van der Waals surface area (Å²) < 4.78 is 0. The van der Waals surface area contributed by atoms with Gasteiger partial charge in [0.25, 0.3) is 0 Å². The molecule has 0 spiro atoms. The highest BCUT2D eigenvalue weighted by Gasteiger charge is 2.28. The molecule has 1 rings (SSSR count). The van der Waals surface area contributed by atoms with E-state index in [-0.39, 0.29) is 6.04 Å². The van der Waals surface area contributed by atoms with Crippen LogP contribution in [0.2, 0.25) is 0 Å². The number of hydrogen-bond donors (Lipinski definition) is 1. The molecule has 2 atom stereocenters. The highest BCUT2D eigenvalue weighted by molar-refractivity contribution is 5.72. The molecule has 0 aromatic heterocycles. The molecule has 0 amide bonds. The molecule has 1 heterocycles. The number of carboxylic acid groups (broad SMARTS) is 1. The normalized spacial score (nSPS) is 28.7. The molecule has 0 aliphatic carbocycles. The second-order valence-electron chi connectivity index (χ2n) is 3.86. The summed E-state index contributed by atoms with van der Waals surface area (Å²) in [6.45, 7) is 6.60. The summed E-state index contributed by atoms with van der Waals surface area (Å²) in [6.07, 6.45) is 0. The van der Waals surface area contributed by atoms with Crippen molar-refractivity contribution in [1.29, 1.82) is 0 Å². The first kappa shape index (κ1) is 10.5. The number of hydrogen-bond acceptors (Lipinski definition) is 3. The Balaban J connectivity index is 2.55. The number of aliphatic carboxylic acids is 1. The van der Waals surface area contributed by atoms with Gasteiger partial charge in [-0.1, -0.05) is 0 Å². The first-order chi connectivity index (χ1) is 6.02. The number of nitrogens with zero attached hydrogens (tertiary/aromatic N) is 2. The van der Waals surface area contributed by atoms with Crippen LogP contribution in [0.5, 0.6) is 0 Å². The Morgan fingerprint density at radius 1 is 1.54 bits per heavy atom. The van der Waals surface area contributed by atoms with Crippen LogP contribution in [-0.4, -0.2) is 59.6 Å². The van der Waals surface area contributed by atoms with E-state index < -0.39 is 5.97 Å². The van der Waals surface area contributed by atoms with E-state index in [1.165, 1.54) is 0 Å². The van der Waals surface area contributed by atoms with Gasteiger partial charge in [0.1, 0.15) is 6.04 Å². The first-order valence-corrected chi connectivity index (χ1v) is 4.69. The van der Waals surface area contributed by atoms with Gasteiger partial charge in [0.15, 0.2) is 0 Å². The van der Waals surface area contributed by atoms with Gasteiger partial charge in [-0.2, -0.15) is 0 Å². The molecule has 1 N–H and O–H groups in total. The molecule has 0 bridgehead atoms. The molecule has 76 valence electrons. The number of piperazine rings is 1.